The lowest BCUT2D eigenvalue weighted by atomic mass is 9.98. The molecule has 0 spiro atoms. The summed E-state index contributed by atoms with van der Waals surface area (Å²) in [4.78, 5) is 53.8. The third-order valence-corrected chi connectivity index (χ3v) is 6.05. The van der Waals surface area contributed by atoms with Gasteiger partial charge < -0.3 is 20.6 Å². The van der Waals surface area contributed by atoms with Gasteiger partial charge in [-0.05, 0) is 48.1 Å². The molecule has 1 aliphatic heterocycles. The van der Waals surface area contributed by atoms with Gasteiger partial charge >= 0.3 is 12.1 Å². The molecule has 0 saturated carbocycles. The van der Waals surface area contributed by atoms with Crippen LogP contribution in [0.1, 0.15) is 49.1 Å². The summed E-state index contributed by atoms with van der Waals surface area (Å²) in [5.74, 6) is -2.19. The summed E-state index contributed by atoms with van der Waals surface area (Å²) in [6.07, 6.45) is 0.611. The maximum absolute atomic E-state index is 12.6. The lowest BCUT2D eigenvalue weighted by Gasteiger charge is -2.21. The van der Waals surface area contributed by atoms with E-state index in [-0.39, 0.29) is 31.8 Å². The minimum atomic E-state index is -1.08. The molecule has 3 N–H and O–H groups in total. The molecule has 9 heteroatoms. The van der Waals surface area contributed by atoms with E-state index in [0.29, 0.717) is 24.4 Å². The van der Waals surface area contributed by atoms with E-state index < -0.39 is 29.9 Å². The predicted octanol–water partition coefficient (Wildman–Crippen LogP) is 2.63. The van der Waals surface area contributed by atoms with E-state index >= 15 is 0 Å². The quantitative estimate of drug-likeness (QED) is 0.430. The van der Waals surface area contributed by atoms with E-state index in [9.17, 15) is 19.2 Å². The van der Waals surface area contributed by atoms with Crippen LogP contribution < -0.4 is 11.1 Å². The number of carbonyl (C=O) groups is 4. The number of hydroxylamine groups is 2. The SMILES string of the molecule is NCCCCC(NC(=O)OCC1c2ccccc2-c2ccccc21)C(=O)ON1C(=O)CCC1=O. The molecule has 1 heterocycles. The molecule has 1 aliphatic carbocycles. The minimum absolute atomic E-state index is 0.0102. The number of nitrogens with one attached hydrogen (secondary N) is 1. The number of rotatable bonds is 9. The zero-order valence-electron chi connectivity index (χ0n) is 18.7. The first-order valence-electron chi connectivity index (χ1n) is 11.4. The number of benzene rings is 2. The Morgan fingerprint density at radius 1 is 0.971 bits per heavy atom. The van der Waals surface area contributed by atoms with Gasteiger partial charge in [-0.1, -0.05) is 48.5 Å². The fraction of sp³-hybridized carbons (Fsp3) is 0.360. The maximum atomic E-state index is 12.6. The van der Waals surface area contributed by atoms with Crippen molar-refractivity contribution in [3.8, 4) is 11.1 Å². The Morgan fingerprint density at radius 3 is 2.15 bits per heavy atom. The van der Waals surface area contributed by atoms with Gasteiger partial charge in [0.05, 0.1) is 0 Å². The Labute approximate surface area is 197 Å². The highest BCUT2D eigenvalue weighted by Gasteiger charge is 2.35. The van der Waals surface area contributed by atoms with Crippen molar-refractivity contribution in [1.29, 1.82) is 0 Å². The molecule has 1 unspecified atom stereocenters. The van der Waals surface area contributed by atoms with Crippen LogP contribution in [0.25, 0.3) is 11.1 Å². The van der Waals surface area contributed by atoms with Crippen molar-refractivity contribution >= 4 is 23.9 Å². The van der Waals surface area contributed by atoms with Crippen molar-refractivity contribution in [3.05, 3.63) is 59.7 Å². The van der Waals surface area contributed by atoms with E-state index in [0.717, 1.165) is 22.3 Å². The van der Waals surface area contributed by atoms with Gasteiger partial charge in [-0.15, -0.1) is 5.06 Å². The Balaban J connectivity index is 1.40. The van der Waals surface area contributed by atoms with Gasteiger partial charge in [0.2, 0.25) is 0 Å². The first-order chi connectivity index (χ1) is 16.5. The second-order valence-electron chi connectivity index (χ2n) is 8.30. The molecule has 0 bridgehead atoms. The summed E-state index contributed by atoms with van der Waals surface area (Å²) >= 11 is 0. The van der Waals surface area contributed by atoms with E-state index in [2.05, 4.69) is 5.32 Å². The second-order valence-corrected chi connectivity index (χ2v) is 8.30. The van der Waals surface area contributed by atoms with E-state index in [1.54, 1.807) is 0 Å². The molecule has 1 fully saturated rings. The van der Waals surface area contributed by atoms with Crippen LogP contribution in [0.3, 0.4) is 0 Å². The van der Waals surface area contributed by atoms with Gasteiger partial charge in [0.25, 0.3) is 11.8 Å². The normalized spacial score (nSPS) is 15.6. The molecule has 2 aromatic rings. The lowest BCUT2D eigenvalue weighted by Crippen LogP contribution is -2.45. The van der Waals surface area contributed by atoms with Crippen LogP contribution in [0.5, 0.6) is 0 Å². The number of fused-ring (bicyclic) bond motifs is 3. The molecule has 34 heavy (non-hydrogen) atoms. The van der Waals surface area contributed by atoms with Crippen LogP contribution in [0.4, 0.5) is 4.79 Å². The van der Waals surface area contributed by atoms with E-state index in [1.807, 2.05) is 48.5 Å². The Hall–Kier alpha value is -3.72. The average Bonchev–Trinajstić information content (AvgIpc) is 3.34. The van der Waals surface area contributed by atoms with Crippen molar-refractivity contribution in [3.63, 3.8) is 0 Å². The van der Waals surface area contributed by atoms with Gasteiger partial charge in [0.15, 0.2) is 0 Å². The number of carbonyl (C=O) groups excluding carboxylic acids is 4. The number of hydrogen-bond acceptors (Lipinski definition) is 7. The number of alkyl carbamates (subject to hydrolysis) is 1. The third-order valence-electron chi connectivity index (χ3n) is 6.05. The minimum Gasteiger partial charge on any atom is -0.449 e. The zero-order valence-corrected chi connectivity index (χ0v) is 18.7. The number of hydrogen-bond donors (Lipinski definition) is 2. The maximum Gasteiger partial charge on any atom is 0.407 e. The van der Waals surface area contributed by atoms with Crippen LogP contribution in [-0.2, 0) is 24.0 Å². The summed E-state index contributed by atoms with van der Waals surface area (Å²) in [7, 11) is 0. The number of imide groups is 1. The highest BCUT2D eigenvalue weighted by atomic mass is 16.7. The molecule has 4 rings (SSSR count). The molecule has 178 valence electrons. The fourth-order valence-electron chi connectivity index (χ4n) is 4.34. The van der Waals surface area contributed by atoms with Crippen molar-refractivity contribution in [2.45, 2.75) is 44.1 Å². The summed E-state index contributed by atoms with van der Waals surface area (Å²) in [6.45, 7) is 0.517. The molecule has 0 radical (unpaired) electrons. The van der Waals surface area contributed by atoms with Gasteiger partial charge in [-0.25, -0.2) is 9.59 Å². The molecule has 3 amide bonds. The highest BCUT2D eigenvalue weighted by Crippen LogP contribution is 2.44. The molecule has 1 atom stereocenters. The number of amides is 3. The van der Waals surface area contributed by atoms with Gasteiger partial charge in [-0.2, -0.15) is 0 Å². The molecule has 0 aromatic heterocycles. The summed E-state index contributed by atoms with van der Waals surface area (Å²) < 4.78 is 5.51. The van der Waals surface area contributed by atoms with E-state index in [1.165, 1.54) is 0 Å². The average molecular weight is 466 g/mol. The molecular formula is C25H27N3O6. The smallest absolute Gasteiger partial charge is 0.407 e. The van der Waals surface area contributed by atoms with E-state index in [4.69, 9.17) is 15.3 Å². The number of ether oxygens (including phenoxy) is 1. The summed E-state index contributed by atoms with van der Waals surface area (Å²) in [6, 6.07) is 14.9. The van der Waals surface area contributed by atoms with Crippen LogP contribution in [0.15, 0.2) is 48.5 Å². The van der Waals surface area contributed by atoms with Crippen molar-refractivity contribution in [1.82, 2.24) is 10.4 Å². The number of unbranched alkanes of at least 4 members (excludes halogenated alkanes) is 1. The van der Waals surface area contributed by atoms with Crippen molar-refractivity contribution in [2.75, 3.05) is 13.2 Å². The van der Waals surface area contributed by atoms with Gasteiger partial charge in [0, 0.05) is 18.8 Å². The third kappa shape index (κ3) is 4.94. The van der Waals surface area contributed by atoms with Crippen molar-refractivity contribution < 1.29 is 28.8 Å². The Kier molecular flexibility index (Phi) is 7.22. The predicted molar refractivity (Wildman–Crippen MR) is 122 cm³/mol. The Morgan fingerprint density at radius 2 is 1.56 bits per heavy atom. The largest absolute Gasteiger partial charge is 0.449 e. The number of nitrogens with zero attached hydrogens (tertiary/aromatic N) is 1. The number of nitrogens with two attached hydrogens (primary N) is 1. The molecular weight excluding hydrogens is 438 g/mol. The zero-order chi connectivity index (χ0) is 24.1. The van der Waals surface area contributed by atoms with Crippen LogP contribution >= 0.6 is 0 Å². The Bertz CT molecular complexity index is 1040. The molecule has 1 saturated heterocycles. The van der Waals surface area contributed by atoms with Crippen LogP contribution in [-0.4, -0.2) is 48.1 Å². The topological polar surface area (TPSA) is 128 Å². The van der Waals surface area contributed by atoms with Crippen LogP contribution in [0.2, 0.25) is 0 Å². The van der Waals surface area contributed by atoms with Crippen molar-refractivity contribution in [2.24, 2.45) is 5.73 Å². The second kappa shape index (κ2) is 10.5. The highest BCUT2D eigenvalue weighted by molar-refractivity contribution is 6.01. The fourth-order valence-corrected chi connectivity index (χ4v) is 4.34. The lowest BCUT2D eigenvalue weighted by molar-refractivity contribution is -0.199. The first kappa shape index (κ1) is 23.4. The molecule has 9 nitrogen and oxygen atoms in total. The molecule has 2 aliphatic rings. The first-order valence-corrected chi connectivity index (χ1v) is 11.4. The van der Waals surface area contributed by atoms with Crippen LogP contribution in [0, 0.1) is 0 Å². The summed E-state index contributed by atoms with van der Waals surface area (Å²) in [5, 5.41) is 3.00. The van der Waals surface area contributed by atoms with Gasteiger partial charge in [-0.3, -0.25) is 9.59 Å². The van der Waals surface area contributed by atoms with Gasteiger partial charge in [0.1, 0.15) is 12.6 Å². The standard InChI is InChI=1S/C25H27N3O6/c26-14-6-5-11-21(24(31)34-28-22(29)12-13-23(28)30)27-25(32)33-15-20-18-9-3-1-7-16(18)17-8-2-4-10-19(17)20/h1-4,7-10,20-21H,5-6,11-15,26H2,(H,27,32). The molecule has 2 aromatic carbocycles. The summed E-state index contributed by atoms with van der Waals surface area (Å²) in [5.41, 5.74) is 9.89. The monoisotopic (exact) mass is 465 g/mol.